The summed E-state index contributed by atoms with van der Waals surface area (Å²) in [6.45, 7) is 0.388. The summed E-state index contributed by atoms with van der Waals surface area (Å²) in [5.74, 6) is 0.971. The Morgan fingerprint density at radius 3 is 2.94 bits per heavy atom. The molecule has 2 aromatic rings. The zero-order valence-electron chi connectivity index (χ0n) is 9.80. The quantitative estimate of drug-likeness (QED) is 0.888. The maximum absolute atomic E-state index is 11.6. The Morgan fingerprint density at radius 2 is 2.22 bits per heavy atom. The molecule has 18 heavy (non-hydrogen) atoms. The van der Waals surface area contributed by atoms with Gasteiger partial charge in [-0.2, -0.15) is 0 Å². The minimum absolute atomic E-state index is 0.103. The van der Waals surface area contributed by atoms with Gasteiger partial charge in [0, 0.05) is 18.3 Å². The third-order valence-corrected chi connectivity index (χ3v) is 2.91. The van der Waals surface area contributed by atoms with Crippen molar-refractivity contribution in [1.82, 2.24) is 15.3 Å². The van der Waals surface area contributed by atoms with Crippen molar-refractivity contribution in [2.75, 3.05) is 0 Å². The number of carbonyl (C=O) groups is 1. The van der Waals surface area contributed by atoms with Crippen molar-refractivity contribution in [2.24, 2.45) is 5.92 Å². The highest BCUT2D eigenvalue weighted by atomic mass is 16.3. The van der Waals surface area contributed by atoms with E-state index in [-0.39, 0.29) is 11.8 Å². The fraction of sp³-hybridized carbons (Fsp3) is 0.308. The van der Waals surface area contributed by atoms with Gasteiger partial charge in [0.05, 0.1) is 18.5 Å². The van der Waals surface area contributed by atoms with Gasteiger partial charge >= 0.3 is 0 Å². The Balaban J connectivity index is 1.76. The first-order valence-electron chi connectivity index (χ1n) is 5.96. The predicted molar refractivity (Wildman–Crippen MR) is 64.3 cm³/mol. The van der Waals surface area contributed by atoms with Crippen LogP contribution in [0, 0.1) is 5.92 Å². The molecule has 2 aromatic heterocycles. The number of aromatic nitrogens is 2. The van der Waals surface area contributed by atoms with Crippen LogP contribution in [0.2, 0.25) is 0 Å². The summed E-state index contributed by atoms with van der Waals surface area (Å²) in [5, 5.41) is 2.88. The minimum Gasteiger partial charge on any atom is -0.463 e. The lowest BCUT2D eigenvalue weighted by atomic mass is 10.2. The Morgan fingerprint density at radius 1 is 1.39 bits per heavy atom. The number of nitrogens with zero attached hydrogens (tertiary/aromatic N) is 2. The van der Waals surface area contributed by atoms with Gasteiger partial charge < -0.3 is 9.73 Å². The van der Waals surface area contributed by atoms with E-state index in [0.29, 0.717) is 18.0 Å². The average Bonchev–Trinajstić information content (AvgIpc) is 3.12. The topological polar surface area (TPSA) is 68.0 Å². The van der Waals surface area contributed by atoms with Gasteiger partial charge in [-0.25, -0.2) is 4.98 Å². The van der Waals surface area contributed by atoms with Gasteiger partial charge in [-0.3, -0.25) is 9.78 Å². The maximum Gasteiger partial charge on any atom is 0.223 e. The van der Waals surface area contributed by atoms with Crippen LogP contribution in [0.5, 0.6) is 0 Å². The van der Waals surface area contributed by atoms with Crippen LogP contribution in [-0.2, 0) is 11.3 Å². The minimum atomic E-state index is 0.103. The fourth-order valence-electron chi connectivity index (χ4n) is 1.78. The Labute approximate surface area is 104 Å². The molecule has 0 radical (unpaired) electrons. The number of rotatable bonds is 4. The van der Waals surface area contributed by atoms with E-state index in [1.807, 2.05) is 6.07 Å². The van der Waals surface area contributed by atoms with Gasteiger partial charge in [0.2, 0.25) is 5.91 Å². The molecule has 0 atom stereocenters. The van der Waals surface area contributed by atoms with Crippen LogP contribution in [0.15, 0.2) is 35.2 Å². The average molecular weight is 243 g/mol. The Hall–Kier alpha value is -2.17. The number of hydrogen-bond acceptors (Lipinski definition) is 4. The van der Waals surface area contributed by atoms with Crippen LogP contribution in [0.4, 0.5) is 0 Å². The van der Waals surface area contributed by atoms with Crippen molar-refractivity contribution in [3.63, 3.8) is 0 Å². The first-order valence-corrected chi connectivity index (χ1v) is 5.96. The van der Waals surface area contributed by atoms with Crippen molar-refractivity contribution >= 4 is 5.91 Å². The molecule has 5 nitrogen and oxygen atoms in total. The van der Waals surface area contributed by atoms with Gasteiger partial charge in [0.1, 0.15) is 5.69 Å². The van der Waals surface area contributed by atoms with Gasteiger partial charge in [-0.1, -0.05) is 0 Å². The highest BCUT2D eigenvalue weighted by Crippen LogP contribution is 2.29. The zero-order valence-corrected chi connectivity index (χ0v) is 9.80. The summed E-state index contributed by atoms with van der Waals surface area (Å²) in [4.78, 5) is 20.1. The monoisotopic (exact) mass is 243 g/mol. The molecule has 1 saturated carbocycles. The molecule has 2 heterocycles. The molecule has 92 valence electrons. The van der Waals surface area contributed by atoms with E-state index < -0.39 is 0 Å². The summed E-state index contributed by atoms with van der Waals surface area (Å²) >= 11 is 0. The summed E-state index contributed by atoms with van der Waals surface area (Å²) < 4.78 is 5.31. The Kier molecular flexibility index (Phi) is 2.80. The molecular formula is C13H13N3O2. The van der Waals surface area contributed by atoms with Gasteiger partial charge in [-0.05, 0) is 25.0 Å². The molecule has 0 bridgehead atoms. The SMILES string of the molecule is O=C(NCc1nccnc1-c1ccco1)C1CC1. The summed E-state index contributed by atoms with van der Waals surface area (Å²) in [5.41, 5.74) is 1.40. The van der Waals surface area contributed by atoms with Crippen molar-refractivity contribution in [3.05, 3.63) is 36.5 Å². The third-order valence-electron chi connectivity index (χ3n) is 2.91. The molecule has 1 aliphatic carbocycles. The molecule has 3 rings (SSSR count). The first kappa shape index (κ1) is 11.0. The van der Waals surface area contributed by atoms with Crippen LogP contribution in [0.3, 0.4) is 0 Å². The van der Waals surface area contributed by atoms with Crippen LogP contribution in [0.1, 0.15) is 18.5 Å². The molecule has 0 spiro atoms. The van der Waals surface area contributed by atoms with Gasteiger partial charge in [-0.15, -0.1) is 0 Å². The lowest BCUT2D eigenvalue weighted by Gasteiger charge is -2.06. The molecule has 0 saturated heterocycles. The molecule has 1 fully saturated rings. The number of carbonyl (C=O) groups excluding carboxylic acids is 1. The lowest BCUT2D eigenvalue weighted by Crippen LogP contribution is -2.25. The lowest BCUT2D eigenvalue weighted by molar-refractivity contribution is -0.122. The molecule has 0 unspecified atom stereocenters. The van der Waals surface area contributed by atoms with Crippen LogP contribution in [-0.4, -0.2) is 15.9 Å². The zero-order chi connectivity index (χ0) is 12.4. The van der Waals surface area contributed by atoms with E-state index in [4.69, 9.17) is 4.42 Å². The highest BCUT2D eigenvalue weighted by molar-refractivity contribution is 5.80. The predicted octanol–water partition coefficient (Wildman–Crippen LogP) is 1.76. The molecule has 5 heteroatoms. The summed E-state index contributed by atoms with van der Waals surface area (Å²) in [6.07, 6.45) is 6.82. The largest absolute Gasteiger partial charge is 0.463 e. The highest BCUT2D eigenvalue weighted by Gasteiger charge is 2.29. The smallest absolute Gasteiger partial charge is 0.223 e. The molecule has 1 aliphatic rings. The number of nitrogens with one attached hydrogen (secondary N) is 1. The number of amides is 1. The number of furan rings is 1. The third kappa shape index (κ3) is 2.25. The first-order chi connectivity index (χ1) is 8.84. The summed E-state index contributed by atoms with van der Waals surface area (Å²) in [6, 6.07) is 3.63. The van der Waals surface area contributed by atoms with Crippen LogP contribution < -0.4 is 5.32 Å². The van der Waals surface area contributed by atoms with Crippen molar-refractivity contribution in [1.29, 1.82) is 0 Å². The van der Waals surface area contributed by atoms with E-state index in [1.54, 1.807) is 24.7 Å². The van der Waals surface area contributed by atoms with Gasteiger partial charge in [0.15, 0.2) is 5.76 Å². The second-order valence-electron chi connectivity index (χ2n) is 4.32. The molecular weight excluding hydrogens is 230 g/mol. The number of hydrogen-bond donors (Lipinski definition) is 1. The van der Waals surface area contributed by atoms with E-state index in [0.717, 1.165) is 18.5 Å². The standard InChI is InChI=1S/C13H13N3O2/c17-13(9-3-4-9)16-8-10-12(15-6-5-14-10)11-2-1-7-18-11/h1-2,5-7,9H,3-4,8H2,(H,16,17). The van der Waals surface area contributed by atoms with Gasteiger partial charge in [0.25, 0.3) is 0 Å². The molecule has 0 aromatic carbocycles. The van der Waals surface area contributed by atoms with E-state index in [1.165, 1.54) is 0 Å². The maximum atomic E-state index is 11.6. The molecule has 0 aliphatic heterocycles. The van der Waals surface area contributed by atoms with Crippen molar-refractivity contribution in [3.8, 4) is 11.5 Å². The van der Waals surface area contributed by atoms with E-state index in [9.17, 15) is 4.79 Å². The molecule has 1 amide bonds. The van der Waals surface area contributed by atoms with Crippen molar-refractivity contribution < 1.29 is 9.21 Å². The van der Waals surface area contributed by atoms with Crippen LogP contribution >= 0.6 is 0 Å². The van der Waals surface area contributed by atoms with Crippen LogP contribution in [0.25, 0.3) is 11.5 Å². The van der Waals surface area contributed by atoms with E-state index >= 15 is 0 Å². The second kappa shape index (κ2) is 4.60. The Bertz CT molecular complexity index is 547. The second-order valence-corrected chi connectivity index (χ2v) is 4.32. The van der Waals surface area contributed by atoms with E-state index in [2.05, 4.69) is 15.3 Å². The fourth-order valence-corrected chi connectivity index (χ4v) is 1.78. The normalized spacial score (nSPS) is 14.4. The van der Waals surface area contributed by atoms with Crippen molar-refractivity contribution in [2.45, 2.75) is 19.4 Å². The molecule has 1 N–H and O–H groups in total. The summed E-state index contributed by atoms with van der Waals surface area (Å²) in [7, 11) is 0.